The summed E-state index contributed by atoms with van der Waals surface area (Å²) in [6.07, 6.45) is 2.17. The van der Waals surface area contributed by atoms with Gasteiger partial charge in [0.25, 0.3) is 5.91 Å². The van der Waals surface area contributed by atoms with Crippen molar-refractivity contribution in [2.75, 3.05) is 16.0 Å². The Morgan fingerprint density at radius 2 is 1.77 bits per heavy atom. The fourth-order valence-corrected chi connectivity index (χ4v) is 4.96. The van der Waals surface area contributed by atoms with Crippen molar-refractivity contribution in [1.82, 2.24) is 0 Å². The average Bonchev–Trinajstić information content (AvgIpc) is 3.24. The van der Waals surface area contributed by atoms with Gasteiger partial charge in [-0.2, -0.15) is 0 Å². The second-order valence-corrected chi connectivity index (χ2v) is 8.93. The molecule has 1 aromatic heterocycles. The van der Waals surface area contributed by atoms with E-state index in [1.165, 1.54) is 6.26 Å². The van der Waals surface area contributed by atoms with Crippen molar-refractivity contribution in [3.05, 3.63) is 77.7 Å². The Labute approximate surface area is 182 Å². The van der Waals surface area contributed by atoms with Crippen molar-refractivity contribution in [2.45, 2.75) is 45.1 Å². The van der Waals surface area contributed by atoms with Crippen molar-refractivity contribution in [2.24, 2.45) is 0 Å². The molecule has 0 bridgehead atoms. The van der Waals surface area contributed by atoms with Crippen molar-refractivity contribution in [3.8, 4) is 0 Å². The van der Waals surface area contributed by atoms with Gasteiger partial charge in [0.05, 0.1) is 23.3 Å². The summed E-state index contributed by atoms with van der Waals surface area (Å²) in [6.45, 7) is 7.88. The minimum Gasteiger partial charge on any atom is -0.459 e. The number of carbonyl (C=O) groups is 2. The van der Waals surface area contributed by atoms with Crippen LogP contribution in [0.15, 0.2) is 65.3 Å². The van der Waals surface area contributed by atoms with Gasteiger partial charge in [-0.3, -0.25) is 9.59 Å². The molecule has 1 atom stereocenters. The zero-order valence-corrected chi connectivity index (χ0v) is 18.2. The number of benzene rings is 2. The summed E-state index contributed by atoms with van der Waals surface area (Å²) in [5, 5.41) is 2.82. The lowest BCUT2D eigenvalue weighted by Gasteiger charge is -2.51. The van der Waals surface area contributed by atoms with Crippen molar-refractivity contribution < 1.29 is 14.0 Å². The minimum absolute atomic E-state index is 0.0607. The third-order valence-corrected chi connectivity index (χ3v) is 6.11. The van der Waals surface area contributed by atoms with Crippen LogP contribution in [-0.2, 0) is 10.2 Å². The van der Waals surface area contributed by atoms with Crippen LogP contribution in [0.2, 0.25) is 0 Å². The molecule has 0 spiro atoms. The maximum atomic E-state index is 12.7. The monoisotopic (exact) mass is 417 g/mol. The molecule has 4 rings (SSSR count). The number of nitrogens with zero attached hydrogens (tertiary/aromatic N) is 1. The number of anilines is 3. The summed E-state index contributed by atoms with van der Waals surface area (Å²) in [6, 6.07) is 17.2. The summed E-state index contributed by atoms with van der Waals surface area (Å²) in [5.74, 6) is -0.267. The summed E-state index contributed by atoms with van der Waals surface area (Å²) in [4.78, 5) is 27.1. The van der Waals surface area contributed by atoms with Crippen molar-refractivity contribution >= 4 is 28.9 Å². The Morgan fingerprint density at radius 3 is 2.39 bits per heavy atom. The Morgan fingerprint density at radius 1 is 1.06 bits per heavy atom. The molecule has 6 heteroatoms. The summed E-state index contributed by atoms with van der Waals surface area (Å²) < 4.78 is 5.19. The molecule has 2 heterocycles. The van der Waals surface area contributed by atoms with Crippen LogP contribution in [0.5, 0.6) is 0 Å². The van der Waals surface area contributed by atoms with Crippen molar-refractivity contribution in [1.29, 1.82) is 0 Å². The number of nitrogens with two attached hydrogens (primary N) is 1. The third-order valence-electron chi connectivity index (χ3n) is 6.11. The highest BCUT2D eigenvalue weighted by molar-refractivity contribution is 6.05. The molecule has 3 aromatic rings. The fraction of sp³-hybridized carbons (Fsp3) is 0.280. The zero-order valence-electron chi connectivity index (χ0n) is 18.2. The van der Waals surface area contributed by atoms with Crippen LogP contribution in [0.4, 0.5) is 17.1 Å². The first-order chi connectivity index (χ1) is 14.6. The van der Waals surface area contributed by atoms with E-state index in [2.05, 4.69) is 38.2 Å². The first-order valence-electron chi connectivity index (χ1n) is 10.3. The molecule has 1 aliphatic heterocycles. The van der Waals surface area contributed by atoms with Gasteiger partial charge in [0, 0.05) is 17.9 Å². The number of amides is 2. The molecule has 0 fully saturated rings. The number of furan rings is 1. The predicted octanol–water partition coefficient (Wildman–Crippen LogP) is 4.96. The smallest absolute Gasteiger partial charge is 0.291 e. The molecule has 6 nitrogen and oxygen atoms in total. The van der Waals surface area contributed by atoms with Gasteiger partial charge in [-0.25, -0.2) is 0 Å². The van der Waals surface area contributed by atoms with E-state index < -0.39 is 11.4 Å². The number of rotatable bonds is 3. The van der Waals surface area contributed by atoms with Gasteiger partial charge in [-0.05, 0) is 55.7 Å². The number of carbonyl (C=O) groups excluding carboxylic acids is 2. The van der Waals surface area contributed by atoms with E-state index in [-0.39, 0.29) is 17.1 Å². The van der Waals surface area contributed by atoms with Crippen LogP contribution in [-0.4, -0.2) is 17.4 Å². The third kappa shape index (κ3) is 3.48. The number of fused-ring (bicyclic) bond motifs is 1. The Balaban J connectivity index is 1.89. The number of nitrogens with one attached hydrogen (secondary N) is 1. The molecule has 0 saturated carbocycles. The van der Waals surface area contributed by atoms with Crippen LogP contribution in [0, 0.1) is 0 Å². The summed E-state index contributed by atoms with van der Waals surface area (Å²) in [5.41, 5.74) is 9.33. The first-order valence-corrected chi connectivity index (χ1v) is 10.3. The van der Waals surface area contributed by atoms with Crippen LogP contribution in [0.25, 0.3) is 0 Å². The molecule has 3 N–H and O–H groups in total. The Kier molecular flexibility index (Phi) is 4.88. The number of hydrogen-bond donors (Lipinski definition) is 2. The Hall–Kier alpha value is -3.54. The highest BCUT2D eigenvalue weighted by Gasteiger charge is 2.47. The largest absolute Gasteiger partial charge is 0.459 e. The van der Waals surface area contributed by atoms with Gasteiger partial charge < -0.3 is 20.4 Å². The van der Waals surface area contributed by atoms with Crippen LogP contribution in [0.1, 0.15) is 55.8 Å². The topological polar surface area (TPSA) is 88.6 Å². The van der Waals surface area contributed by atoms with Gasteiger partial charge in [-0.15, -0.1) is 0 Å². The van der Waals surface area contributed by atoms with E-state index in [0.717, 1.165) is 23.2 Å². The molecule has 0 aliphatic carbocycles. The van der Waals surface area contributed by atoms with Gasteiger partial charge in [-0.1, -0.05) is 37.3 Å². The lowest BCUT2D eigenvalue weighted by Crippen LogP contribution is -2.55. The van der Waals surface area contributed by atoms with Crippen LogP contribution in [0.3, 0.4) is 0 Å². The molecule has 31 heavy (non-hydrogen) atoms. The van der Waals surface area contributed by atoms with E-state index in [9.17, 15) is 9.59 Å². The molecule has 2 amide bonds. The van der Waals surface area contributed by atoms with Gasteiger partial charge >= 0.3 is 0 Å². The maximum absolute atomic E-state index is 12.7. The highest BCUT2D eigenvalue weighted by atomic mass is 16.3. The molecule has 1 unspecified atom stereocenters. The van der Waals surface area contributed by atoms with Crippen molar-refractivity contribution in [3.63, 3.8) is 0 Å². The summed E-state index contributed by atoms with van der Waals surface area (Å²) in [7, 11) is 0. The van der Waals surface area contributed by atoms with E-state index in [1.54, 1.807) is 30.0 Å². The molecule has 0 saturated heterocycles. The number of nitrogen functional groups attached to an aromatic ring is 1. The molecule has 2 aromatic carbocycles. The lowest BCUT2D eigenvalue weighted by molar-refractivity contribution is -0.117. The molecule has 1 aliphatic rings. The van der Waals surface area contributed by atoms with Gasteiger partial charge in [0.1, 0.15) is 0 Å². The van der Waals surface area contributed by atoms with Crippen LogP contribution >= 0.6 is 0 Å². The molecule has 0 radical (unpaired) electrons. The molecular formula is C25H27N3O3. The zero-order chi connectivity index (χ0) is 22.4. The Bertz CT molecular complexity index is 1140. The van der Waals surface area contributed by atoms with E-state index in [0.29, 0.717) is 11.4 Å². The highest BCUT2D eigenvalue weighted by Crippen LogP contribution is 2.52. The van der Waals surface area contributed by atoms with E-state index in [1.807, 2.05) is 24.3 Å². The van der Waals surface area contributed by atoms with Crippen LogP contribution < -0.4 is 16.0 Å². The second kappa shape index (κ2) is 7.30. The maximum Gasteiger partial charge on any atom is 0.291 e. The SMILES string of the molecule is CC(=O)N1c2cc(NC(=O)c3ccco3)c(N)cc2C(C)(c2ccccc2)CC1(C)C. The molecular weight excluding hydrogens is 390 g/mol. The first kappa shape index (κ1) is 20.7. The standard InChI is InChI=1S/C25H27N3O3/c1-16(29)28-21-14-20(27-23(30)22-11-8-12-31-22)19(26)13-18(21)25(4,15-24(28,2)3)17-9-6-5-7-10-17/h5-14H,15,26H2,1-4H3,(H,27,30). The van der Waals surface area contributed by atoms with E-state index in [4.69, 9.17) is 10.2 Å². The minimum atomic E-state index is -0.443. The van der Waals surface area contributed by atoms with E-state index >= 15 is 0 Å². The van der Waals surface area contributed by atoms with Gasteiger partial charge in [0.15, 0.2) is 5.76 Å². The second-order valence-electron chi connectivity index (χ2n) is 8.93. The quantitative estimate of drug-likeness (QED) is 0.590. The predicted molar refractivity (Wildman–Crippen MR) is 122 cm³/mol. The average molecular weight is 418 g/mol. The number of hydrogen-bond acceptors (Lipinski definition) is 4. The summed E-state index contributed by atoms with van der Waals surface area (Å²) >= 11 is 0. The van der Waals surface area contributed by atoms with Gasteiger partial charge in [0.2, 0.25) is 5.91 Å². The normalized spacial score (nSPS) is 19.5. The molecule has 160 valence electrons. The fourth-order valence-electron chi connectivity index (χ4n) is 4.96. The lowest BCUT2D eigenvalue weighted by atomic mass is 9.65.